The van der Waals surface area contributed by atoms with Crippen LogP contribution in [0.25, 0.3) is 0 Å². The topological polar surface area (TPSA) is 102 Å². The zero-order chi connectivity index (χ0) is 26.0. The quantitative estimate of drug-likeness (QED) is 0.391. The van der Waals surface area contributed by atoms with Gasteiger partial charge < -0.3 is 19.7 Å². The molecule has 8 nitrogen and oxygen atoms in total. The molecule has 2 saturated heterocycles. The van der Waals surface area contributed by atoms with E-state index in [0.29, 0.717) is 25.9 Å². The van der Waals surface area contributed by atoms with Crippen molar-refractivity contribution in [2.45, 2.75) is 59.2 Å². The Morgan fingerprint density at radius 2 is 1.77 bits per heavy atom. The molecule has 1 aromatic rings. The zero-order valence-electron chi connectivity index (χ0n) is 21.3. The number of ether oxygens (including phenoxy) is 2. The summed E-state index contributed by atoms with van der Waals surface area (Å²) in [4.78, 5) is 53.5. The number of nitrogens with zero attached hydrogens (tertiary/aromatic N) is 1. The molecule has 1 aromatic carbocycles. The van der Waals surface area contributed by atoms with Crippen LogP contribution in [0.2, 0.25) is 0 Å². The Balaban J connectivity index is 1.68. The first kappa shape index (κ1) is 26.6. The van der Waals surface area contributed by atoms with Crippen LogP contribution >= 0.6 is 0 Å². The molecule has 35 heavy (non-hydrogen) atoms. The predicted octanol–water partition coefficient (Wildman–Crippen LogP) is 3.37. The molecule has 8 heteroatoms. The van der Waals surface area contributed by atoms with E-state index in [1.165, 1.54) is 14.0 Å². The third kappa shape index (κ3) is 5.48. The van der Waals surface area contributed by atoms with Crippen molar-refractivity contribution in [1.82, 2.24) is 4.90 Å². The summed E-state index contributed by atoms with van der Waals surface area (Å²) in [7, 11) is 1.21. The number of hydrogen-bond donors (Lipinski definition) is 1. The molecule has 0 aromatic heterocycles. The molecule has 2 fully saturated rings. The molecule has 0 bridgehead atoms. The largest absolute Gasteiger partial charge is 0.468 e. The minimum absolute atomic E-state index is 0.0608. The van der Waals surface area contributed by atoms with Gasteiger partial charge in [-0.25, -0.2) is 0 Å². The van der Waals surface area contributed by atoms with Gasteiger partial charge in [0.1, 0.15) is 0 Å². The number of methoxy groups -OCH3 is 1. The first-order valence-corrected chi connectivity index (χ1v) is 12.0. The van der Waals surface area contributed by atoms with E-state index in [9.17, 15) is 19.2 Å². The highest BCUT2D eigenvalue weighted by Gasteiger charge is 2.57. The van der Waals surface area contributed by atoms with Gasteiger partial charge in [-0.3, -0.25) is 19.2 Å². The molecule has 190 valence electrons. The number of likely N-dealkylation sites (tertiary alicyclic amines) is 1. The molecule has 2 heterocycles. The fourth-order valence-electron chi connectivity index (χ4n) is 4.84. The highest BCUT2D eigenvalue weighted by molar-refractivity contribution is 6.13. The lowest BCUT2D eigenvalue weighted by atomic mass is 9.69. The number of ketones is 1. The van der Waals surface area contributed by atoms with Crippen LogP contribution in [0.3, 0.4) is 0 Å². The van der Waals surface area contributed by atoms with Crippen molar-refractivity contribution >= 4 is 29.3 Å². The third-order valence-corrected chi connectivity index (χ3v) is 7.04. The number of para-hydroxylation sites is 1. The lowest BCUT2D eigenvalue weighted by molar-refractivity contribution is -0.183. The molecule has 0 aliphatic carbocycles. The van der Waals surface area contributed by atoms with Crippen LogP contribution in [0.15, 0.2) is 42.5 Å². The molecule has 2 amide bonds. The monoisotopic (exact) mass is 484 g/mol. The highest BCUT2D eigenvalue weighted by Crippen LogP contribution is 2.43. The molecule has 0 unspecified atom stereocenters. The van der Waals surface area contributed by atoms with Gasteiger partial charge in [0.05, 0.1) is 25.7 Å². The number of benzene rings is 1. The van der Waals surface area contributed by atoms with E-state index in [0.717, 1.165) is 5.69 Å². The summed E-state index contributed by atoms with van der Waals surface area (Å²) in [6.07, 6.45) is -0.686. The van der Waals surface area contributed by atoms with Crippen LogP contribution < -0.4 is 5.32 Å². The van der Waals surface area contributed by atoms with Gasteiger partial charge in [-0.2, -0.15) is 0 Å². The van der Waals surface area contributed by atoms with Crippen molar-refractivity contribution in [3.05, 3.63) is 42.5 Å². The number of rotatable bonds is 5. The Labute approximate surface area is 207 Å². The van der Waals surface area contributed by atoms with E-state index in [1.54, 1.807) is 4.90 Å². The van der Waals surface area contributed by atoms with Crippen molar-refractivity contribution in [1.29, 1.82) is 0 Å². The lowest BCUT2D eigenvalue weighted by Gasteiger charge is -2.46. The van der Waals surface area contributed by atoms with E-state index in [-0.39, 0.29) is 29.7 Å². The molecule has 2 aliphatic rings. The van der Waals surface area contributed by atoms with Crippen LogP contribution in [0.4, 0.5) is 5.69 Å². The summed E-state index contributed by atoms with van der Waals surface area (Å²) in [5, 5.41) is 2.92. The average molecular weight is 485 g/mol. The van der Waals surface area contributed by atoms with Crippen LogP contribution in [-0.4, -0.2) is 60.9 Å². The summed E-state index contributed by atoms with van der Waals surface area (Å²) in [6, 6.07) is 9.26. The van der Waals surface area contributed by atoms with Gasteiger partial charge >= 0.3 is 5.97 Å². The van der Waals surface area contributed by atoms with E-state index in [4.69, 9.17) is 9.47 Å². The standard InChI is InChI=1S/C27H36N2O6/c1-17-22(31)27(5,25(33)34-6)20(35-23(17)26(2,3)4)16-21(30)29-14-12-18(13-15-29)24(32)28-19-10-8-7-9-11-19/h7-11,18,20,23H,1,12-16H2,2-6H3,(H,28,32)/t20-,23-,27-/m1/s1. The molecular weight excluding hydrogens is 448 g/mol. The van der Waals surface area contributed by atoms with Gasteiger partial charge in [0.2, 0.25) is 11.8 Å². The fourth-order valence-corrected chi connectivity index (χ4v) is 4.84. The average Bonchev–Trinajstić information content (AvgIpc) is 2.83. The van der Waals surface area contributed by atoms with Crippen molar-refractivity contribution in [2.75, 3.05) is 25.5 Å². The smallest absolute Gasteiger partial charge is 0.322 e. The molecule has 1 N–H and O–H groups in total. The van der Waals surface area contributed by atoms with Gasteiger partial charge in [-0.05, 0) is 37.3 Å². The minimum Gasteiger partial charge on any atom is -0.468 e. The molecule has 2 aliphatic heterocycles. The van der Waals surface area contributed by atoms with E-state index < -0.39 is 34.8 Å². The highest BCUT2D eigenvalue weighted by atomic mass is 16.5. The Morgan fingerprint density at radius 3 is 2.31 bits per heavy atom. The number of piperidine rings is 1. The van der Waals surface area contributed by atoms with Crippen molar-refractivity contribution in [3.63, 3.8) is 0 Å². The van der Waals surface area contributed by atoms with E-state index >= 15 is 0 Å². The summed E-state index contributed by atoms with van der Waals surface area (Å²) in [5.41, 5.74) is -1.15. The maximum Gasteiger partial charge on any atom is 0.322 e. The van der Waals surface area contributed by atoms with Crippen molar-refractivity contribution in [2.24, 2.45) is 16.7 Å². The molecule has 3 atom stereocenters. The fraction of sp³-hybridized carbons (Fsp3) is 0.556. The summed E-state index contributed by atoms with van der Waals surface area (Å²) in [5.74, 6) is -1.68. The Morgan fingerprint density at radius 1 is 1.17 bits per heavy atom. The third-order valence-electron chi connectivity index (χ3n) is 7.04. The number of anilines is 1. The van der Waals surface area contributed by atoms with E-state index in [1.807, 2.05) is 51.1 Å². The number of carbonyl (C=O) groups excluding carboxylic acids is 4. The number of Topliss-reactive ketones (excluding diaryl/α,β-unsaturated/α-hetero) is 1. The first-order chi connectivity index (χ1) is 16.4. The normalized spacial score (nSPS) is 25.8. The number of hydrogen-bond acceptors (Lipinski definition) is 6. The number of esters is 1. The summed E-state index contributed by atoms with van der Waals surface area (Å²) in [6.45, 7) is 11.9. The van der Waals surface area contributed by atoms with Crippen molar-refractivity contribution < 1.29 is 28.7 Å². The maximum absolute atomic E-state index is 13.3. The predicted molar refractivity (Wildman–Crippen MR) is 131 cm³/mol. The van der Waals surface area contributed by atoms with E-state index in [2.05, 4.69) is 11.9 Å². The SMILES string of the molecule is C=C1C(=O)[C@](C)(C(=O)OC)[C@@H](CC(=O)N2CCC(C(=O)Nc3ccccc3)CC2)O[C@H]1C(C)(C)C. The molecule has 3 rings (SSSR count). The van der Waals surface area contributed by atoms with Gasteiger partial charge in [-0.15, -0.1) is 0 Å². The van der Waals surface area contributed by atoms with Gasteiger partial charge in [-0.1, -0.05) is 45.5 Å². The number of nitrogens with one attached hydrogen (secondary N) is 1. The molecule has 0 saturated carbocycles. The second kappa shape index (κ2) is 10.3. The summed E-state index contributed by atoms with van der Waals surface area (Å²) >= 11 is 0. The Bertz CT molecular complexity index is 991. The van der Waals surface area contributed by atoms with Crippen LogP contribution in [0.1, 0.15) is 47.0 Å². The first-order valence-electron chi connectivity index (χ1n) is 12.0. The molecular formula is C27H36N2O6. The second-order valence-electron chi connectivity index (χ2n) is 10.6. The van der Waals surface area contributed by atoms with Crippen LogP contribution in [0.5, 0.6) is 0 Å². The zero-order valence-corrected chi connectivity index (χ0v) is 21.3. The van der Waals surface area contributed by atoms with Gasteiger partial charge in [0.15, 0.2) is 11.2 Å². The van der Waals surface area contributed by atoms with Gasteiger partial charge in [0.25, 0.3) is 0 Å². The maximum atomic E-state index is 13.3. The van der Waals surface area contributed by atoms with Crippen molar-refractivity contribution in [3.8, 4) is 0 Å². The number of carbonyl (C=O) groups is 4. The molecule has 0 spiro atoms. The Hall–Kier alpha value is -3.00. The second-order valence-corrected chi connectivity index (χ2v) is 10.6. The van der Waals surface area contributed by atoms with Gasteiger partial charge in [0, 0.05) is 30.3 Å². The van der Waals surface area contributed by atoms with Crippen LogP contribution in [-0.2, 0) is 28.7 Å². The lowest BCUT2D eigenvalue weighted by Crippen LogP contribution is -2.59. The minimum atomic E-state index is -1.66. The summed E-state index contributed by atoms with van der Waals surface area (Å²) < 4.78 is 11.2. The molecule has 0 radical (unpaired) electrons. The number of amides is 2. The van der Waals surface area contributed by atoms with Crippen LogP contribution in [0, 0.1) is 16.7 Å². The Kier molecular flexibility index (Phi) is 7.84.